The first-order valence-corrected chi connectivity index (χ1v) is 12.3. The van der Waals surface area contributed by atoms with Crippen LogP contribution >= 0.6 is 7.75 Å². The smallest absolute Gasteiger partial charge is 0.406 e. The van der Waals surface area contributed by atoms with E-state index in [1.54, 1.807) is 20.8 Å². The standard InChI is InChI=1S/C19H31N4O11P/c1-4-31-14(24)9-33-35(30,22-11(18(27)28)7-10(2)3)32-8-12-15(25)16(26)17(34-12)23-6-5-13(20)21-19(23)29/h5-6,10-12,15-17,25-26H,4,7-9H2,1-3H3,(H,22,30)(H,27,28)(H2,20,21,29)/t11-,12+,15+,16-,17+,35?/m0/s1. The lowest BCUT2D eigenvalue weighted by atomic mass is 10.1. The second kappa shape index (κ2) is 12.5. The molecule has 1 aromatic rings. The summed E-state index contributed by atoms with van der Waals surface area (Å²) < 4.78 is 34.8. The topological polar surface area (TPSA) is 222 Å². The van der Waals surface area contributed by atoms with Crippen LogP contribution in [-0.4, -0.2) is 81.0 Å². The quantitative estimate of drug-likeness (QED) is 0.159. The summed E-state index contributed by atoms with van der Waals surface area (Å²) in [5.74, 6) is -2.36. The first-order valence-electron chi connectivity index (χ1n) is 10.8. The Morgan fingerprint density at radius 2 is 2.00 bits per heavy atom. The molecular weight excluding hydrogens is 491 g/mol. The van der Waals surface area contributed by atoms with Gasteiger partial charge in [-0.2, -0.15) is 4.98 Å². The van der Waals surface area contributed by atoms with Crippen molar-refractivity contribution in [2.45, 2.75) is 57.8 Å². The number of nitrogens with two attached hydrogens (primary N) is 1. The molecule has 6 atom stereocenters. The van der Waals surface area contributed by atoms with Gasteiger partial charge < -0.3 is 30.5 Å². The molecule has 2 rings (SSSR count). The number of nitrogen functional groups attached to an aromatic ring is 1. The highest BCUT2D eigenvalue weighted by atomic mass is 31.2. The fourth-order valence-electron chi connectivity index (χ4n) is 3.21. The number of carboxylic acids is 1. The Morgan fingerprint density at radius 3 is 2.57 bits per heavy atom. The maximum absolute atomic E-state index is 13.3. The van der Waals surface area contributed by atoms with Crippen LogP contribution in [-0.2, 0) is 32.7 Å². The van der Waals surface area contributed by atoms with Crippen LogP contribution in [0.4, 0.5) is 5.82 Å². The van der Waals surface area contributed by atoms with E-state index in [1.165, 1.54) is 12.3 Å². The van der Waals surface area contributed by atoms with E-state index >= 15 is 0 Å². The molecule has 2 heterocycles. The second-order valence-corrected chi connectivity index (χ2v) is 9.88. The Balaban J connectivity index is 2.17. The third-order valence-electron chi connectivity index (χ3n) is 4.85. The van der Waals surface area contributed by atoms with Crippen LogP contribution in [0.3, 0.4) is 0 Å². The third kappa shape index (κ3) is 8.07. The number of hydrogen-bond acceptors (Lipinski definition) is 12. The zero-order valence-corrected chi connectivity index (χ0v) is 20.4. The highest BCUT2D eigenvalue weighted by Crippen LogP contribution is 2.46. The van der Waals surface area contributed by atoms with Crippen molar-refractivity contribution in [2.24, 2.45) is 5.92 Å². The van der Waals surface area contributed by atoms with Gasteiger partial charge in [0.15, 0.2) is 12.8 Å². The van der Waals surface area contributed by atoms with E-state index in [1.807, 2.05) is 0 Å². The molecule has 1 aromatic heterocycles. The van der Waals surface area contributed by atoms with E-state index < -0.39 is 69.2 Å². The monoisotopic (exact) mass is 522 g/mol. The van der Waals surface area contributed by atoms with Crippen LogP contribution in [0, 0.1) is 5.92 Å². The lowest BCUT2D eigenvalue weighted by Gasteiger charge is -2.25. The zero-order valence-electron chi connectivity index (χ0n) is 19.5. The number of carbonyl (C=O) groups is 2. The summed E-state index contributed by atoms with van der Waals surface area (Å²) in [5.41, 5.74) is 4.61. The van der Waals surface area contributed by atoms with Crippen LogP contribution in [0.1, 0.15) is 33.4 Å². The van der Waals surface area contributed by atoms with Gasteiger partial charge in [0.25, 0.3) is 0 Å². The third-order valence-corrected chi connectivity index (χ3v) is 6.43. The van der Waals surface area contributed by atoms with E-state index in [0.717, 1.165) is 4.57 Å². The van der Waals surface area contributed by atoms with Crippen molar-refractivity contribution < 1.29 is 48.0 Å². The van der Waals surface area contributed by atoms with Gasteiger partial charge in [-0.25, -0.2) is 19.2 Å². The number of anilines is 1. The Labute approximate surface area is 200 Å². The molecule has 6 N–H and O–H groups in total. The number of rotatable bonds is 13. The van der Waals surface area contributed by atoms with Gasteiger partial charge in [0.2, 0.25) is 0 Å². The molecule has 0 radical (unpaired) electrons. The Bertz CT molecular complexity index is 988. The maximum Gasteiger partial charge on any atom is 0.406 e. The fourth-order valence-corrected chi connectivity index (χ4v) is 4.65. The number of aliphatic hydroxyl groups excluding tert-OH is 2. The van der Waals surface area contributed by atoms with Gasteiger partial charge in [0.1, 0.15) is 30.2 Å². The number of nitrogens with one attached hydrogen (secondary N) is 1. The number of carbonyl (C=O) groups excluding carboxylic acids is 1. The maximum atomic E-state index is 13.3. The van der Waals surface area contributed by atoms with Gasteiger partial charge in [0.05, 0.1) is 13.2 Å². The number of aromatic nitrogens is 2. The summed E-state index contributed by atoms with van der Waals surface area (Å²) in [6.45, 7) is 3.62. The molecule has 1 aliphatic heterocycles. The Morgan fingerprint density at radius 1 is 1.31 bits per heavy atom. The molecule has 1 fully saturated rings. The van der Waals surface area contributed by atoms with Crippen molar-refractivity contribution in [1.29, 1.82) is 0 Å². The minimum absolute atomic E-state index is 0.0344. The van der Waals surface area contributed by atoms with E-state index in [9.17, 15) is 34.3 Å². The number of ether oxygens (including phenoxy) is 2. The summed E-state index contributed by atoms with van der Waals surface area (Å²) in [4.78, 5) is 38.9. The van der Waals surface area contributed by atoms with Crippen LogP contribution < -0.4 is 16.5 Å². The van der Waals surface area contributed by atoms with E-state index in [4.69, 9.17) is 24.3 Å². The normalized spacial score (nSPS) is 24.7. The molecule has 0 bridgehead atoms. The zero-order chi connectivity index (χ0) is 26.3. The van der Waals surface area contributed by atoms with Gasteiger partial charge in [-0.05, 0) is 25.3 Å². The average Bonchev–Trinajstić information content (AvgIpc) is 3.04. The second-order valence-electron chi connectivity index (χ2n) is 8.11. The molecule has 0 spiro atoms. The summed E-state index contributed by atoms with van der Waals surface area (Å²) in [5, 5.41) is 32.5. The lowest BCUT2D eigenvalue weighted by Crippen LogP contribution is -2.38. The minimum atomic E-state index is -4.47. The number of aliphatic carboxylic acids is 1. The summed E-state index contributed by atoms with van der Waals surface area (Å²) >= 11 is 0. The van der Waals surface area contributed by atoms with Crippen LogP contribution in [0.2, 0.25) is 0 Å². The Kier molecular flexibility index (Phi) is 10.3. The number of hydrogen-bond donors (Lipinski definition) is 5. The molecule has 0 aromatic carbocycles. The van der Waals surface area contributed by atoms with E-state index in [-0.39, 0.29) is 24.8 Å². The van der Waals surface area contributed by atoms with E-state index in [2.05, 4.69) is 10.1 Å². The van der Waals surface area contributed by atoms with Gasteiger partial charge in [0, 0.05) is 6.20 Å². The molecule has 1 aliphatic rings. The molecule has 1 unspecified atom stereocenters. The molecule has 16 heteroatoms. The van der Waals surface area contributed by atoms with Crippen LogP contribution in [0.25, 0.3) is 0 Å². The SMILES string of the molecule is CCOC(=O)COP(=O)(N[C@@H](CC(C)C)C(=O)O)OC[C@H]1O[C@@H](n2ccc(N)nc2=O)[C@@H](O)[C@@H]1O. The predicted octanol–water partition coefficient (Wildman–Crippen LogP) is -0.762. The largest absolute Gasteiger partial charge is 0.480 e. The van der Waals surface area contributed by atoms with Crippen LogP contribution in [0.5, 0.6) is 0 Å². The molecule has 0 aliphatic carbocycles. The summed E-state index contributed by atoms with van der Waals surface area (Å²) in [6.07, 6.45) is -4.58. The van der Waals surface area contributed by atoms with Gasteiger partial charge in [-0.1, -0.05) is 13.8 Å². The molecule has 35 heavy (non-hydrogen) atoms. The molecule has 1 saturated heterocycles. The van der Waals surface area contributed by atoms with Crippen molar-refractivity contribution in [3.05, 3.63) is 22.7 Å². The highest BCUT2D eigenvalue weighted by molar-refractivity contribution is 7.51. The van der Waals surface area contributed by atoms with Gasteiger partial charge in [-0.15, -0.1) is 0 Å². The van der Waals surface area contributed by atoms with Crippen molar-refractivity contribution in [3.63, 3.8) is 0 Å². The van der Waals surface area contributed by atoms with Crippen molar-refractivity contribution in [2.75, 3.05) is 25.6 Å². The summed E-state index contributed by atoms with van der Waals surface area (Å²) in [6, 6.07) is -0.0642. The number of aliphatic hydroxyl groups is 2. The average molecular weight is 522 g/mol. The predicted molar refractivity (Wildman–Crippen MR) is 119 cm³/mol. The molecule has 0 amide bonds. The molecular formula is C19H31N4O11P. The first kappa shape index (κ1) is 28.8. The van der Waals surface area contributed by atoms with Gasteiger partial charge >= 0.3 is 25.4 Å². The van der Waals surface area contributed by atoms with Crippen molar-refractivity contribution >= 4 is 25.5 Å². The van der Waals surface area contributed by atoms with Crippen LogP contribution in [0.15, 0.2) is 17.1 Å². The molecule has 0 saturated carbocycles. The van der Waals surface area contributed by atoms with Crippen molar-refractivity contribution in [1.82, 2.24) is 14.6 Å². The number of carboxylic acid groups (broad SMARTS) is 1. The molecule has 198 valence electrons. The summed E-state index contributed by atoms with van der Waals surface area (Å²) in [7, 11) is -4.47. The fraction of sp³-hybridized carbons (Fsp3) is 0.684. The van der Waals surface area contributed by atoms with E-state index in [0.29, 0.717) is 0 Å². The first-order chi connectivity index (χ1) is 16.4. The minimum Gasteiger partial charge on any atom is -0.480 e. The van der Waals surface area contributed by atoms with Gasteiger partial charge in [-0.3, -0.25) is 18.4 Å². The number of esters is 1. The lowest BCUT2D eigenvalue weighted by molar-refractivity contribution is -0.145. The Hall–Kier alpha value is -2.39. The molecule has 15 nitrogen and oxygen atoms in total. The van der Waals surface area contributed by atoms with Crippen molar-refractivity contribution in [3.8, 4) is 0 Å². The highest BCUT2D eigenvalue weighted by Gasteiger charge is 2.45. The number of nitrogens with zero attached hydrogens (tertiary/aromatic N) is 2.